The van der Waals surface area contributed by atoms with Gasteiger partial charge >= 0.3 is 0 Å². The van der Waals surface area contributed by atoms with Crippen molar-refractivity contribution < 1.29 is 15.0 Å². The van der Waals surface area contributed by atoms with Crippen LogP contribution in [0.5, 0.6) is 0 Å². The maximum atomic E-state index is 13.7. The third kappa shape index (κ3) is 3.66. The highest BCUT2D eigenvalue weighted by atomic mass is 35.5. The quantitative estimate of drug-likeness (QED) is 0.571. The summed E-state index contributed by atoms with van der Waals surface area (Å²) < 4.78 is 0. The molecular weight excluding hydrogens is 426 g/mol. The minimum Gasteiger partial charge on any atom is -0.396 e. The smallest absolute Gasteiger partial charge is 0.255 e. The maximum absolute atomic E-state index is 13.7. The van der Waals surface area contributed by atoms with E-state index < -0.39 is 6.10 Å². The Bertz CT molecular complexity index is 1150. The Morgan fingerprint density at radius 3 is 2.75 bits per heavy atom. The average molecular weight is 452 g/mol. The van der Waals surface area contributed by atoms with Gasteiger partial charge in [0.25, 0.3) is 5.91 Å². The zero-order chi connectivity index (χ0) is 22.2. The number of hydrogen-bond donors (Lipinski definition) is 2. The number of pyridine rings is 2. The summed E-state index contributed by atoms with van der Waals surface area (Å²) in [6.45, 7) is -0.0385. The van der Waals surface area contributed by atoms with Gasteiger partial charge in [-0.3, -0.25) is 9.78 Å². The van der Waals surface area contributed by atoms with Gasteiger partial charge in [0, 0.05) is 35.5 Å². The molecule has 6 nitrogen and oxygen atoms in total. The minimum atomic E-state index is -0.540. The van der Waals surface area contributed by atoms with E-state index in [1.54, 1.807) is 18.5 Å². The van der Waals surface area contributed by atoms with Crippen molar-refractivity contribution in [1.29, 1.82) is 0 Å². The summed E-state index contributed by atoms with van der Waals surface area (Å²) >= 11 is 5.94. The zero-order valence-corrected chi connectivity index (χ0v) is 18.5. The van der Waals surface area contributed by atoms with E-state index >= 15 is 0 Å². The molecule has 2 aliphatic rings. The summed E-state index contributed by atoms with van der Waals surface area (Å²) in [6.07, 6.45) is 7.41. The Morgan fingerprint density at radius 2 is 2.00 bits per heavy atom. The van der Waals surface area contributed by atoms with Crippen LogP contribution in [0, 0.1) is 0 Å². The molecule has 1 fully saturated rings. The molecule has 2 N–H and O–H groups in total. The molecule has 0 radical (unpaired) electrons. The standard InChI is InChI=1S/C25H26ClN3O3/c26-22-8-7-15(14-28-22)12-16-13-18-23(24-17(16)4-3-10-27-24)20(9-11-30)29(25(18)32)19-5-1-2-6-21(19)31/h3-4,7-8,10,13-14,19-21,30-31H,1-2,5-6,9,11-12H2/t19-,20?,21-/m0/s1. The molecule has 0 spiro atoms. The number of amides is 1. The van der Waals surface area contributed by atoms with Crippen LogP contribution in [0.4, 0.5) is 0 Å². The maximum Gasteiger partial charge on any atom is 0.255 e. The normalized spacial score (nSPS) is 23.0. The van der Waals surface area contributed by atoms with Crippen molar-refractivity contribution in [3.63, 3.8) is 0 Å². The number of aliphatic hydroxyl groups is 2. The van der Waals surface area contributed by atoms with Crippen molar-refractivity contribution in [1.82, 2.24) is 14.9 Å². The van der Waals surface area contributed by atoms with Crippen LogP contribution in [0.15, 0.2) is 42.7 Å². The van der Waals surface area contributed by atoms with Crippen LogP contribution >= 0.6 is 11.6 Å². The van der Waals surface area contributed by atoms with Crippen LogP contribution in [-0.2, 0) is 6.42 Å². The second kappa shape index (κ2) is 8.77. The molecule has 1 aliphatic heterocycles. The lowest BCUT2D eigenvalue weighted by atomic mass is 9.89. The van der Waals surface area contributed by atoms with E-state index in [2.05, 4.69) is 9.97 Å². The SMILES string of the molecule is O=C1c2cc(Cc3ccc(Cl)nc3)c3cccnc3c2C(CCO)N1[C@H]1CCCC[C@@H]1O. The molecule has 2 aromatic heterocycles. The van der Waals surface area contributed by atoms with Gasteiger partial charge in [0.15, 0.2) is 0 Å². The van der Waals surface area contributed by atoms with Crippen molar-refractivity contribution in [2.24, 2.45) is 0 Å². The summed E-state index contributed by atoms with van der Waals surface area (Å²) in [5.41, 5.74) is 4.29. The molecule has 1 saturated carbocycles. The van der Waals surface area contributed by atoms with Crippen LogP contribution in [0.2, 0.25) is 5.15 Å². The molecule has 1 aromatic carbocycles. The van der Waals surface area contributed by atoms with Crippen molar-refractivity contribution in [3.8, 4) is 0 Å². The number of halogens is 1. The number of nitrogens with zero attached hydrogens (tertiary/aromatic N) is 3. The molecule has 1 unspecified atom stereocenters. The predicted molar refractivity (Wildman–Crippen MR) is 123 cm³/mol. The largest absolute Gasteiger partial charge is 0.396 e. The highest BCUT2D eigenvalue weighted by Gasteiger charge is 2.44. The Labute approximate surface area is 191 Å². The summed E-state index contributed by atoms with van der Waals surface area (Å²) in [4.78, 5) is 24.4. The molecule has 3 aromatic rings. The third-order valence-electron chi connectivity index (χ3n) is 6.79. The van der Waals surface area contributed by atoms with Crippen LogP contribution in [0.1, 0.15) is 65.2 Å². The predicted octanol–water partition coefficient (Wildman–Crippen LogP) is 4.06. The number of aromatic nitrogens is 2. The van der Waals surface area contributed by atoms with Gasteiger partial charge in [-0.05, 0) is 55.0 Å². The first-order chi connectivity index (χ1) is 15.6. The van der Waals surface area contributed by atoms with E-state index in [1.807, 2.05) is 29.2 Å². The first-order valence-corrected chi connectivity index (χ1v) is 11.6. The summed E-state index contributed by atoms with van der Waals surface area (Å²) in [5.74, 6) is -0.0764. The summed E-state index contributed by atoms with van der Waals surface area (Å²) in [7, 11) is 0. The van der Waals surface area contributed by atoms with Crippen LogP contribution < -0.4 is 0 Å². The molecule has 32 heavy (non-hydrogen) atoms. The lowest BCUT2D eigenvalue weighted by Crippen LogP contribution is -2.47. The summed E-state index contributed by atoms with van der Waals surface area (Å²) in [6, 6.07) is 9.08. The highest BCUT2D eigenvalue weighted by molar-refractivity contribution is 6.29. The number of carbonyl (C=O) groups is 1. The number of carbonyl (C=O) groups excluding carboxylic acids is 1. The molecule has 1 aliphatic carbocycles. The van der Waals surface area contributed by atoms with E-state index in [-0.39, 0.29) is 24.6 Å². The minimum absolute atomic E-state index is 0.0385. The van der Waals surface area contributed by atoms with E-state index in [0.717, 1.165) is 46.9 Å². The van der Waals surface area contributed by atoms with Crippen molar-refractivity contribution in [2.75, 3.05) is 6.61 Å². The van der Waals surface area contributed by atoms with Gasteiger partial charge in [0.05, 0.1) is 23.7 Å². The fourth-order valence-corrected chi connectivity index (χ4v) is 5.46. The van der Waals surface area contributed by atoms with Gasteiger partial charge in [-0.15, -0.1) is 0 Å². The second-order valence-electron chi connectivity index (χ2n) is 8.72. The molecule has 0 saturated heterocycles. The van der Waals surface area contributed by atoms with Crippen LogP contribution in [0.3, 0.4) is 0 Å². The molecule has 7 heteroatoms. The number of fused-ring (bicyclic) bond motifs is 3. The molecule has 5 rings (SSSR count). The molecule has 166 valence electrons. The van der Waals surface area contributed by atoms with Gasteiger partial charge in [-0.25, -0.2) is 4.98 Å². The first kappa shape index (κ1) is 21.3. The number of hydrogen-bond acceptors (Lipinski definition) is 5. The second-order valence-corrected chi connectivity index (χ2v) is 9.11. The van der Waals surface area contributed by atoms with Gasteiger partial charge in [-0.1, -0.05) is 36.6 Å². The van der Waals surface area contributed by atoms with Crippen molar-refractivity contribution in [2.45, 2.75) is 56.7 Å². The monoisotopic (exact) mass is 451 g/mol. The molecule has 0 bridgehead atoms. The third-order valence-corrected chi connectivity index (χ3v) is 7.01. The number of rotatable bonds is 5. The van der Waals surface area contributed by atoms with E-state index in [4.69, 9.17) is 11.6 Å². The molecular formula is C25H26ClN3O3. The first-order valence-electron chi connectivity index (χ1n) is 11.2. The lowest BCUT2D eigenvalue weighted by molar-refractivity contribution is 0.00381. The Kier molecular flexibility index (Phi) is 5.84. The van der Waals surface area contributed by atoms with E-state index in [0.29, 0.717) is 30.0 Å². The van der Waals surface area contributed by atoms with Gasteiger partial charge in [0.2, 0.25) is 0 Å². The number of benzene rings is 1. The number of aliphatic hydroxyl groups excluding tert-OH is 2. The molecule has 3 atom stereocenters. The van der Waals surface area contributed by atoms with Gasteiger partial charge in [-0.2, -0.15) is 0 Å². The lowest BCUT2D eigenvalue weighted by Gasteiger charge is -2.38. The highest BCUT2D eigenvalue weighted by Crippen LogP contribution is 2.44. The Morgan fingerprint density at radius 1 is 1.16 bits per heavy atom. The molecule has 1 amide bonds. The zero-order valence-electron chi connectivity index (χ0n) is 17.7. The fraction of sp³-hybridized carbons (Fsp3) is 0.400. The molecule has 3 heterocycles. The van der Waals surface area contributed by atoms with Crippen molar-refractivity contribution >= 4 is 28.4 Å². The van der Waals surface area contributed by atoms with E-state index in [1.165, 1.54) is 0 Å². The van der Waals surface area contributed by atoms with Crippen LogP contribution in [0.25, 0.3) is 10.9 Å². The summed E-state index contributed by atoms with van der Waals surface area (Å²) in [5, 5.41) is 22.0. The van der Waals surface area contributed by atoms with E-state index in [9.17, 15) is 15.0 Å². The van der Waals surface area contributed by atoms with Crippen molar-refractivity contribution in [3.05, 3.63) is 70.1 Å². The van der Waals surface area contributed by atoms with Crippen LogP contribution in [-0.4, -0.2) is 49.7 Å². The fourth-order valence-electron chi connectivity index (χ4n) is 5.35. The van der Waals surface area contributed by atoms with Gasteiger partial charge in [0.1, 0.15) is 5.15 Å². The Balaban J connectivity index is 1.64. The Hall–Kier alpha value is -2.54. The van der Waals surface area contributed by atoms with Gasteiger partial charge < -0.3 is 15.1 Å². The topological polar surface area (TPSA) is 86.5 Å². The average Bonchev–Trinajstić information content (AvgIpc) is 3.07.